The Hall–Kier alpha value is -5.97. The number of amides is 1. The Morgan fingerprint density at radius 1 is 0.986 bits per heavy atom. The number of rotatable bonds is 13. The lowest BCUT2D eigenvalue weighted by Crippen LogP contribution is -2.81. The lowest BCUT2D eigenvalue weighted by molar-refractivity contribution is -0.346. The van der Waals surface area contributed by atoms with Crippen LogP contribution in [0.4, 0.5) is 4.79 Å². The van der Waals surface area contributed by atoms with Crippen LogP contribution in [0.1, 0.15) is 103 Å². The van der Waals surface area contributed by atoms with Crippen molar-refractivity contribution in [2.24, 2.45) is 33.2 Å². The average molecular weight is 996 g/mol. The molecule has 2 bridgehead atoms. The van der Waals surface area contributed by atoms with Crippen LogP contribution >= 0.6 is 0 Å². The molecule has 21 nitrogen and oxygen atoms in total. The van der Waals surface area contributed by atoms with Gasteiger partial charge in [0.25, 0.3) is 0 Å². The molecule has 2 aromatic rings. The molecule has 2 saturated carbocycles. The number of ketones is 1. The Labute approximate surface area is 412 Å². The predicted molar refractivity (Wildman–Crippen MR) is 254 cm³/mol. The molecular formula is C50H69N5O16. The fourth-order valence-corrected chi connectivity index (χ4v) is 10.3. The van der Waals surface area contributed by atoms with E-state index in [2.05, 4.69) is 15.6 Å². The number of aliphatic hydroxyl groups is 4. The number of aliphatic hydroxyl groups excluding tert-OH is 3. The zero-order valence-electron chi connectivity index (χ0n) is 41.5. The molecule has 71 heavy (non-hydrogen) atoms. The first-order valence-corrected chi connectivity index (χ1v) is 23.4. The summed E-state index contributed by atoms with van der Waals surface area (Å²) in [4.78, 5) is 82.9. The van der Waals surface area contributed by atoms with E-state index in [1.807, 2.05) is 0 Å². The molecule has 12 atom stereocenters. The lowest BCUT2D eigenvalue weighted by Gasteiger charge is -2.67. The molecule has 1 aliphatic heterocycles. The number of carboxylic acids is 1. The van der Waals surface area contributed by atoms with Crippen molar-refractivity contribution in [3.8, 4) is 0 Å². The number of nitrogens with one attached hydrogen (secondary N) is 2. The Morgan fingerprint density at radius 2 is 1.59 bits per heavy atom. The summed E-state index contributed by atoms with van der Waals surface area (Å²) < 4.78 is 29.5. The van der Waals surface area contributed by atoms with Gasteiger partial charge in [-0.1, -0.05) is 62.4 Å². The number of Topliss-reactive ketones (excluding diaryl/α,β-unsaturated/α-hetero) is 1. The number of nitrogens with two attached hydrogens (primary N) is 2. The molecular weight excluding hydrogens is 927 g/mol. The summed E-state index contributed by atoms with van der Waals surface area (Å²) in [6.45, 7) is 12.4. The first-order chi connectivity index (χ1) is 33.1. The van der Waals surface area contributed by atoms with E-state index < -0.39 is 124 Å². The number of aliphatic carboxylic acids is 1. The summed E-state index contributed by atoms with van der Waals surface area (Å²) in [6.07, 6.45) is -10.4. The van der Waals surface area contributed by atoms with E-state index in [4.69, 9.17) is 40.3 Å². The van der Waals surface area contributed by atoms with Crippen LogP contribution in [0.25, 0.3) is 0 Å². The molecule has 390 valence electrons. The summed E-state index contributed by atoms with van der Waals surface area (Å²) in [5, 5.41) is 62.8. The number of guanidine groups is 1. The maximum Gasteiger partial charge on any atom is 0.408 e. The molecule has 0 unspecified atom stereocenters. The molecule has 4 aliphatic rings. The van der Waals surface area contributed by atoms with E-state index in [0.717, 1.165) is 6.92 Å². The fourth-order valence-electron chi connectivity index (χ4n) is 10.3. The number of benzene rings is 2. The van der Waals surface area contributed by atoms with E-state index in [1.165, 1.54) is 26.0 Å². The lowest BCUT2D eigenvalue weighted by atomic mass is 9.44. The minimum Gasteiger partial charge on any atom is -0.480 e. The number of carboxylic acid groups (broad SMARTS) is 1. The Kier molecular flexibility index (Phi) is 17.2. The molecule has 1 saturated heterocycles. The third-order valence-corrected chi connectivity index (χ3v) is 14.1. The van der Waals surface area contributed by atoms with Crippen LogP contribution in [0.2, 0.25) is 0 Å². The quantitative estimate of drug-likeness (QED) is 0.0346. The van der Waals surface area contributed by atoms with Crippen molar-refractivity contribution in [3.05, 3.63) is 82.9 Å². The molecule has 0 aromatic heterocycles. The van der Waals surface area contributed by atoms with E-state index in [1.54, 1.807) is 90.2 Å². The number of alkyl carbamates (subject to hydrolysis) is 1. The molecule has 0 spiro atoms. The van der Waals surface area contributed by atoms with Crippen LogP contribution in [0.3, 0.4) is 0 Å². The van der Waals surface area contributed by atoms with Crippen molar-refractivity contribution >= 4 is 41.7 Å². The highest BCUT2D eigenvalue weighted by molar-refractivity contribution is 5.94. The number of fused-ring (bicyclic) bond motifs is 5. The van der Waals surface area contributed by atoms with Crippen molar-refractivity contribution in [3.63, 3.8) is 0 Å². The summed E-state index contributed by atoms with van der Waals surface area (Å²) in [5.74, 6) is -5.99. The third-order valence-electron chi connectivity index (χ3n) is 14.1. The molecule has 11 N–H and O–H groups in total. The summed E-state index contributed by atoms with van der Waals surface area (Å²) in [6, 6.07) is 13.8. The number of aliphatic imine (C=N–C) groups is 1. The van der Waals surface area contributed by atoms with Gasteiger partial charge in [0.2, 0.25) is 0 Å². The molecule has 2 aromatic carbocycles. The van der Waals surface area contributed by atoms with Gasteiger partial charge in [0, 0.05) is 38.8 Å². The SMILES string of the molecule is CC(=O)O[C@@]12CO[C@@H]1C[C@H](O)[C@@]1(C)C(=O)[C@H](O)C3=C(C)[C@@H](OC(=O)[C@H](O)[C@@H](NC(=O)OC(C)(C)C)c4ccccc4)C[C@@](O)([C@@H](OC(=O)c4ccccc4)[C@H]21)C3(C)C.CN=C(N)NCCC[C@H](N)C(=O)O. The van der Waals surface area contributed by atoms with Crippen LogP contribution < -0.4 is 22.1 Å². The number of ether oxygens (including phenoxy) is 5. The third kappa shape index (κ3) is 11.4. The summed E-state index contributed by atoms with van der Waals surface area (Å²) in [7, 11) is 1.57. The number of esters is 3. The Bertz CT molecular complexity index is 2360. The predicted octanol–water partition coefficient (Wildman–Crippen LogP) is 1.97. The van der Waals surface area contributed by atoms with Crippen molar-refractivity contribution < 1.29 is 78.0 Å². The number of carbonyl (C=O) groups excluding carboxylic acids is 5. The molecule has 1 heterocycles. The highest BCUT2D eigenvalue weighted by atomic mass is 16.6. The van der Waals surface area contributed by atoms with E-state index in [9.17, 15) is 49.2 Å². The number of nitrogens with zero attached hydrogens (tertiary/aromatic N) is 1. The van der Waals surface area contributed by atoms with Crippen LogP contribution in [0, 0.1) is 16.7 Å². The van der Waals surface area contributed by atoms with Gasteiger partial charge in [0.1, 0.15) is 41.7 Å². The van der Waals surface area contributed by atoms with Gasteiger partial charge in [-0.3, -0.25) is 19.4 Å². The average Bonchev–Trinajstić information content (AvgIpc) is 3.30. The standard InChI is InChI=1S/C43H53NO14.C7H16N4O2/c1-22-26(55-37(51)32(48)30(24-15-11-9-12-16-24)44-38(52)58-39(3,4)5)20-43(53)35(56-36(50)25-17-13-10-14-18-25)33-41(8,34(49)31(47)29(22)40(43,6)7)27(46)19-28-42(33,21-54-28)57-23(2)45;1-10-7(9)11-4-2-3-5(8)6(12)13/h9-18,26-28,30-33,35,46-48,53H,19-21H2,1-8H3,(H,44,52);5H,2-4,8H2,1H3,(H,12,13)(H3,9,10,11)/t26-,27-,28+,30-,31+,32+,33-,35-,41+,42-,43+;5-/m00/s1. The largest absolute Gasteiger partial charge is 0.480 e. The van der Waals surface area contributed by atoms with E-state index in [0.29, 0.717) is 30.9 Å². The second-order valence-corrected chi connectivity index (χ2v) is 20.2. The summed E-state index contributed by atoms with van der Waals surface area (Å²) >= 11 is 0. The number of hydrogen-bond acceptors (Lipinski definition) is 17. The molecule has 6 rings (SSSR count). The van der Waals surface area contributed by atoms with Gasteiger partial charge in [0.15, 0.2) is 23.4 Å². The van der Waals surface area contributed by atoms with Gasteiger partial charge in [-0.05, 0) is 76.3 Å². The second kappa shape index (κ2) is 21.8. The fraction of sp³-hybridized carbons (Fsp3) is 0.580. The van der Waals surface area contributed by atoms with Gasteiger partial charge in [-0.25, -0.2) is 14.4 Å². The van der Waals surface area contributed by atoms with Gasteiger partial charge in [0.05, 0.1) is 35.6 Å². The highest BCUT2D eigenvalue weighted by Gasteiger charge is 2.78. The van der Waals surface area contributed by atoms with Crippen LogP contribution in [0.5, 0.6) is 0 Å². The maximum atomic E-state index is 14.9. The minimum absolute atomic E-state index is 0.0637. The molecule has 3 aliphatic carbocycles. The minimum atomic E-state index is -2.35. The van der Waals surface area contributed by atoms with Crippen molar-refractivity contribution in [1.82, 2.24) is 10.6 Å². The first-order valence-electron chi connectivity index (χ1n) is 23.4. The summed E-state index contributed by atoms with van der Waals surface area (Å²) in [5.41, 5.74) is 2.48. The first kappa shape index (κ1) is 56.0. The topological polar surface area (TPSA) is 338 Å². The Balaban J connectivity index is 0.000000632. The highest BCUT2D eigenvalue weighted by Crippen LogP contribution is 2.64. The maximum absolute atomic E-state index is 14.9. The van der Waals surface area contributed by atoms with Gasteiger partial charge in [-0.2, -0.15) is 0 Å². The van der Waals surface area contributed by atoms with Gasteiger partial charge < -0.3 is 71.3 Å². The van der Waals surface area contributed by atoms with Crippen molar-refractivity contribution in [2.45, 2.75) is 147 Å². The smallest absolute Gasteiger partial charge is 0.408 e. The molecule has 21 heteroatoms. The van der Waals surface area contributed by atoms with E-state index in [-0.39, 0.29) is 29.7 Å². The monoisotopic (exact) mass is 995 g/mol. The number of carbonyl (C=O) groups is 6. The van der Waals surface area contributed by atoms with Gasteiger partial charge in [-0.15, -0.1) is 0 Å². The Morgan fingerprint density at radius 3 is 2.13 bits per heavy atom. The van der Waals surface area contributed by atoms with Crippen LogP contribution in [0.15, 0.2) is 76.8 Å². The molecule has 0 radical (unpaired) electrons. The van der Waals surface area contributed by atoms with Gasteiger partial charge >= 0.3 is 30.0 Å². The van der Waals surface area contributed by atoms with Crippen molar-refractivity contribution in [2.75, 3.05) is 20.2 Å². The van der Waals surface area contributed by atoms with Crippen LogP contribution in [-0.4, -0.2) is 147 Å². The molecule has 1 amide bonds. The molecule has 3 fully saturated rings. The number of hydrogen-bond donors (Lipinski definition) is 9. The zero-order chi connectivity index (χ0) is 53.0. The van der Waals surface area contributed by atoms with Crippen molar-refractivity contribution in [1.29, 1.82) is 0 Å². The van der Waals surface area contributed by atoms with E-state index >= 15 is 0 Å². The zero-order valence-corrected chi connectivity index (χ0v) is 41.5. The second-order valence-electron chi connectivity index (χ2n) is 20.2. The van der Waals surface area contributed by atoms with Crippen LogP contribution in [-0.2, 0) is 42.9 Å². The normalized spacial score (nSPS) is 30.1.